The highest BCUT2D eigenvalue weighted by atomic mass is 16.3. The largest absolute Gasteiger partial charge is 0.303 e. The molecule has 0 aromatic carbocycles. The summed E-state index contributed by atoms with van der Waals surface area (Å²) in [5.41, 5.74) is 0. The SMILES string of the molecule is CCC(CCCC(=O)CCC=O)N=O. The summed E-state index contributed by atoms with van der Waals surface area (Å²) >= 11 is 0. The maximum absolute atomic E-state index is 11.1. The number of aldehydes is 1. The van der Waals surface area contributed by atoms with Gasteiger partial charge in [-0.05, 0) is 19.3 Å². The van der Waals surface area contributed by atoms with E-state index in [-0.39, 0.29) is 11.8 Å². The average Bonchev–Trinajstić information content (AvgIpc) is 2.21. The summed E-state index contributed by atoms with van der Waals surface area (Å²) in [5.74, 6) is 0.0952. The summed E-state index contributed by atoms with van der Waals surface area (Å²) in [6.07, 6.45) is 3.94. The van der Waals surface area contributed by atoms with Crippen molar-refractivity contribution in [1.82, 2.24) is 0 Å². The zero-order valence-electron chi connectivity index (χ0n) is 8.57. The molecule has 0 aromatic heterocycles. The van der Waals surface area contributed by atoms with Crippen molar-refractivity contribution in [3.63, 3.8) is 0 Å². The Morgan fingerprint density at radius 1 is 1.43 bits per heavy atom. The van der Waals surface area contributed by atoms with E-state index in [1.54, 1.807) is 0 Å². The zero-order valence-corrected chi connectivity index (χ0v) is 8.57. The van der Waals surface area contributed by atoms with Gasteiger partial charge in [0.25, 0.3) is 0 Å². The van der Waals surface area contributed by atoms with Crippen molar-refractivity contribution < 1.29 is 9.59 Å². The quantitative estimate of drug-likeness (QED) is 0.422. The predicted molar refractivity (Wildman–Crippen MR) is 54.0 cm³/mol. The summed E-state index contributed by atoms with van der Waals surface area (Å²) in [6, 6.07) is -0.158. The van der Waals surface area contributed by atoms with Crippen molar-refractivity contribution in [2.45, 2.75) is 51.5 Å². The van der Waals surface area contributed by atoms with Crippen LogP contribution in [0, 0.1) is 4.91 Å². The van der Waals surface area contributed by atoms with E-state index in [1.807, 2.05) is 6.92 Å². The highest BCUT2D eigenvalue weighted by molar-refractivity contribution is 5.80. The normalized spacial score (nSPS) is 12.1. The molecular formula is C10H17NO3. The van der Waals surface area contributed by atoms with Crippen molar-refractivity contribution in [2.75, 3.05) is 0 Å². The topological polar surface area (TPSA) is 63.6 Å². The van der Waals surface area contributed by atoms with Crippen LogP contribution in [0.3, 0.4) is 0 Å². The minimum atomic E-state index is -0.158. The predicted octanol–water partition coefficient (Wildman–Crippen LogP) is 2.25. The number of carbonyl (C=O) groups is 2. The molecule has 0 amide bonds. The Labute approximate surface area is 84.0 Å². The smallest absolute Gasteiger partial charge is 0.133 e. The molecule has 0 aliphatic rings. The summed E-state index contributed by atoms with van der Waals surface area (Å²) in [4.78, 5) is 31.3. The van der Waals surface area contributed by atoms with E-state index in [2.05, 4.69) is 5.18 Å². The van der Waals surface area contributed by atoms with Crippen molar-refractivity contribution in [2.24, 2.45) is 5.18 Å². The number of nitroso groups, excluding NO2 is 1. The molecule has 0 aliphatic carbocycles. The van der Waals surface area contributed by atoms with Crippen LogP contribution in [0.5, 0.6) is 0 Å². The number of carbonyl (C=O) groups excluding carboxylic acids is 2. The third-order valence-corrected chi connectivity index (χ3v) is 2.15. The maximum Gasteiger partial charge on any atom is 0.133 e. The molecule has 0 bridgehead atoms. The molecule has 0 saturated heterocycles. The molecule has 1 unspecified atom stereocenters. The lowest BCUT2D eigenvalue weighted by Gasteiger charge is -2.04. The molecular weight excluding hydrogens is 182 g/mol. The number of hydrogen-bond acceptors (Lipinski definition) is 4. The minimum Gasteiger partial charge on any atom is -0.303 e. The molecule has 4 nitrogen and oxygen atoms in total. The van der Waals surface area contributed by atoms with E-state index in [1.165, 1.54) is 0 Å². The Balaban J connectivity index is 3.47. The number of hydrogen-bond donors (Lipinski definition) is 0. The van der Waals surface area contributed by atoms with Gasteiger partial charge in [-0.25, -0.2) is 0 Å². The fourth-order valence-corrected chi connectivity index (χ4v) is 1.21. The van der Waals surface area contributed by atoms with Crippen molar-refractivity contribution in [3.05, 3.63) is 4.91 Å². The lowest BCUT2D eigenvalue weighted by Crippen LogP contribution is -2.04. The van der Waals surface area contributed by atoms with Crippen LogP contribution in [0.25, 0.3) is 0 Å². The third-order valence-electron chi connectivity index (χ3n) is 2.15. The van der Waals surface area contributed by atoms with Crippen LogP contribution < -0.4 is 0 Å². The second kappa shape index (κ2) is 8.53. The molecule has 1 atom stereocenters. The van der Waals surface area contributed by atoms with E-state index < -0.39 is 0 Å². The summed E-state index contributed by atoms with van der Waals surface area (Å²) < 4.78 is 0. The van der Waals surface area contributed by atoms with E-state index >= 15 is 0 Å². The number of rotatable bonds is 9. The molecule has 14 heavy (non-hydrogen) atoms. The van der Waals surface area contributed by atoms with E-state index in [9.17, 15) is 14.5 Å². The van der Waals surface area contributed by atoms with Gasteiger partial charge in [0.05, 0.1) is 6.04 Å². The summed E-state index contributed by atoms with van der Waals surface area (Å²) in [5, 5.41) is 2.95. The first kappa shape index (κ1) is 12.9. The third kappa shape index (κ3) is 6.46. The van der Waals surface area contributed by atoms with Crippen LogP contribution in [0.4, 0.5) is 0 Å². The van der Waals surface area contributed by atoms with Gasteiger partial charge < -0.3 is 4.79 Å². The lowest BCUT2D eigenvalue weighted by atomic mass is 10.0. The van der Waals surface area contributed by atoms with E-state index in [4.69, 9.17) is 0 Å². The van der Waals surface area contributed by atoms with E-state index in [0.717, 1.165) is 12.7 Å². The molecule has 0 radical (unpaired) electrons. The second-order valence-corrected chi connectivity index (χ2v) is 3.30. The Kier molecular flexibility index (Phi) is 7.89. The number of ketones is 1. The van der Waals surface area contributed by atoms with Gasteiger partial charge in [0.1, 0.15) is 12.1 Å². The average molecular weight is 199 g/mol. The summed E-state index contributed by atoms with van der Waals surface area (Å²) in [7, 11) is 0. The first-order chi connectivity index (χ1) is 6.74. The Bertz CT molecular complexity index is 192. The second-order valence-electron chi connectivity index (χ2n) is 3.30. The van der Waals surface area contributed by atoms with Gasteiger partial charge in [-0.3, -0.25) is 4.79 Å². The fraction of sp³-hybridized carbons (Fsp3) is 0.800. The summed E-state index contributed by atoms with van der Waals surface area (Å²) in [6.45, 7) is 1.90. The maximum atomic E-state index is 11.1. The number of Topliss-reactive ketones (excluding diaryl/α,β-unsaturated/α-hetero) is 1. The number of nitrogens with zero attached hydrogens (tertiary/aromatic N) is 1. The molecule has 0 saturated carbocycles. The van der Waals surface area contributed by atoms with Crippen LogP contribution in [0.2, 0.25) is 0 Å². The van der Waals surface area contributed by atoms with E-state index in [0.29, 0.717) is 32.1 Å². The van der Waals surface area contributed by atoms with Gasteiger partial charge in [0.2, 0.25) is 0 Å². The highest BCUT2D eigenvalue weighted by Crippen LogP contribution is 2.09. The molecule has 0 aromatic rings. The molecule has 0 rings (SSSR count). The van der Waals surface area contributed by atoms with Gasteiger partial charge in [0, 0.05) is 19.3 Å². The van der Waals surface area contributed by atoms with Crippen molar-refractivity contribution in [1.29, 1.82) is 0 Å². The molecule has 0 heterocycles. The van der Waals surface area contributed by atoms with Crippen LogP contribution in [0.1, 0.15) is 45.4 Å². The van der Waals surface area contributed by atoms with Gasteiger partial charge in [-0.1, -0.05) is 12.1 Å². The molecule has 0 spiro atoms. The van der Waals surface area contributed by atoms with Crippen molar-refractivity contribution in [3.8, 4) is 0 Å². The molecule has 4 heteroatoms. The van der Waals surface area contributed by atoms with Gasteiger partial charge in [-0.15, -0.1) is 0 Å². The van der Waals surface area contributed by atoms with Gasteiger partial charge >= 0.3 is 0 Å². The molecule has 80 valence electrons. The van der Waals surface area contributed by atoms with Crippen molar-refractivity contribution >= 4 is 12.1 Å². The highest BCUT2D eigenvalue weighted by Gasteiger charge is 2.07. The molecule has 0 fully saturated rings. The zero-order chi connectivity index (χ0) is 10.8. The molecule has 0 N–H and O–H groups in total. The lowest BCUT2D eigenvalue weighted by molar-refractivity contribution is -0.120. The first-order valence-corrected chi connectivity index (χ1v) is 5.02. The van der Waals surface area contributed by atoms with Gasteiger partial charge in [0.15, 0.2) is 0 Å². The Hall–Kier alpha value is -1.06. The van der Waals surface area contributed by atoms with Crippen LogP contribution in [-0.2, 0) is 9.59 Å². The van der Waals surface area contributed by atoms with Crippen LogP contribution in [-0.4, -0.2) is 18.1 Å². The Morgan fingerprint density at radius 2 is 2.14 bits per heavy atom. The minimum absolute atomic E-state index is 0.0952. The molecule has 0 aliphatic heterocycles. The van der Waals surface area contributed by atoms with Crippen LogP contribution in [0.15, 0.2) is 5.18 Å². The van der Waals surface area contributed by atoms with Crippen LogP contribution >= 0.6 is 0 Å². The van der Waals surface area contributed by atoms with Gasteiger partial charge in [-0.2, -0.15) is 4.91 Å². The first-order valence-electron chi connectivity index (χ1n) is 5.02. The monoisotopic (exact) mass is 199 g/mol. The standard InChI is InChI=1S/C10H17NO3/c1-2-9(11-14)5-3-6-10(13)7-4-8-12/h8-9H,2-7H2,1H3. The fourth-order valence-electron chi connectivity index (χ4n) is 1.21. The Morgan fingerprint density at radius 3 is 2.64 bits per heavy atom.